The molecule has 12 heavy (non-hydrogen) atoms. The van der Waals surface area contributed by atoms with Crippen molar-refractivity contribution in [3.05, 3.63) is 35.0 Å². The number of hydrogen-bond donors (Lipinski definition) is 0. The standard InChI is InChI=1S/C10H10ClN/c1-7-6-12(2)10-5-8(11)3-4-9(7)10/h3-6H,1-2H3. The SMILES string of the molecule is Cc1cn(C)c2cc(Cl)ccc12. The summed E-state index contributed by atoms with van der Waals surface area (Å²) >= 11 is 5.89. The van der Waals surface area contributed by atoms with Gasteiger partial charge in [-0.25, -0.2) is 0 Å². The molecule has 0 bridgehead atoms. The molecule has 1 aromatic heterocycles. The molecule has 0 atom stereocenters. The minimum atomic E-state index is 0.795. The van der Waals surface area contributed by atoms with Crippen LogP contribution in [0.2, 0.25) is 5.02 Å². The van der Waals surface area contributed by atoms with E-state index in [1.165, 1.54) is 16.5 Å². The van der Waals surface area contributed by atoms with Crippen molar-refractivity contribution in [3.63, 3.8) is 0 Å². The van der Waals surface area contributed by atoms with E-state index in [4.69, 9.17) is 11.6 Å². The first-order valence-corrected chi connectivity index (χ1v) is 4.27. The summed E-state index contributed by atoms with van der Waals surface area (Å²) in [6, 6.07) is 5.98. The summed E-state index contributed by atoms with van der Waals surface area (Å²) in [7, 11) is 2.03. The highest BCUT2D eigenvalue weighted by atomic mass is 35.5. The Morgan fingerprint density at radius 1 is 1.33 bits per heavy atom. The number of halogens is 1. The van der Waals surface area contributed by atoms with E-state index in [-0.39, 0.29) is 0 Å². The van der Waals surface area contributed by atoms with E-state index in [0.717, 1.165) is 5.02 Å². The summed E-state index contributed by atoms with van der Waals surface area (Å²) in [4.78, 5) is 0. The topological polar surface area (TPSA) is 4.93 Å². The zero-order valence-corrected chi connectivity index (χ0v) is 7.89. The van der Waals surface area contributed by atoms with Gasteiger partial charge in [-0.2, -0.15) is 0 Å². The predicted octanol–water partition coefficient (Wildman–Crippen LogP) is 3.14. The predicted molar refractivity (Wildman–Crippen MR) is 52.7 cm³/mol. The zero-order chi connectivity index (χ0) is 8.72. The molecule has 0 aliphatic rings. The van der Waals surface area contributed by atoms with Gasteiger partial charge in [0.05, 0.1) is 0 Å². The Kier molecular flexibility index (Phi) is 1.62. The third-order valence-corrected chi connectivity index (χ3v) is 2.39. The van der Waals surface area contributed by atoms with E-state index in [2.05, 4.69) is 23.8 Å². The fourth-order valence-corrected chi connectivity index (χ4v) is 1.73. The van der Waals surface area contributed by atoms with Crippen molar-refractivity contribution in [3.8, 4) is 0 Å². The zero-order valence-electron chi connectivity index (χ0n) is 7.13. The van der Waals surface area contributed by atoms with Crippen molar-refractivity contribution >= 4 is 22.5 Å². The van der Waals surface area contributed by atoms with Crippen LogP contribution in [0.15, 0.2) is 24.4 Å². The van der Waals surface area contributed by atoms with Crippen molar-refractivity contribution in [2.24, 2.45) is 7.05 Å². The summed E-state index contributed by atoms with van der Waals surface area (Å²) in [6.07, 6.45) is 2.11. The number of rotatable bonds is 0. The van der Waals surface area contributed by atoms with Gasteiger partial charge in [0.15, 0.2) is 0 Å². The van der Waals surface area contributed by atoms with Gasteiger partial charge in [-0.3, -0.25) is 0 Å². The van der Waals surface area contributed by atoms with Crippen molar-refractivity contribution in [2.75, 3.05) is 0 Å². The maximum atomic E-state index is 5.89. The van der Waals surface area contributed by atoms with Crippen LogP contribution in [-0.2, 0) is 7.05 Å². The first kappa shape index (κ1) is 7.69. The molecule has 1 nitrogen and oxygen atoms in total. The number of aromatic nitrogens is 1. The van der Waals surface area contributed by atoms with Crippen LogP contribution >= 0.6 is 11.6 Å². The van der Waals surface area contributed by atoms with E-state index in [0.29, 0.717) is 0 Å². The molecule has 0 fully saturated rings. The second-order valence-corrected chi connectivity index (χ2v) is 3.52. The molecule has 1 aromatic carbocycles. The average molecular weight is 180 g/mol. The van der Waals surface area contributed by atoms with Crippen molar-refractivity contribution in [2.45, 2.75) is 6.92 Å². The average Bonchev–Trinajstić information content (AvgIpc) is 2.28. The van der Waals surface area contributed by atoms with Crippen LogP contribution in [0.3, 0.4) is 0 Å². The largest absolute Gasteiger partial charge is 0.350 e. The second kappa shape index (κ2) is 2.53. The Morgan fingerprint density at radius 2 is 2.08 bits per heavy atom. The van der Waals surface area contributed by atoms with Crippen molar-refractivity contribution in [1.82, 2.24) is 4.57 Å². The Bertz CT molecular complexity index is 429. The molecule has 0 N–H and O–H groups in total. The number of fused-ring (bicyclic) bond motifs is 1. The van der Waals surface area contributed by atoms with Crippen LogP contribution in [0.4, 0.5) is 0 Å². The van der Waals surface area contributed by atoms with E-state index < -0.39 is 0 Å². The minimum absolute atomic E-state index is 0.795. The number of benzene rings is 1. The maximum Gasteiger partial charge on any atom is 0.0495 e. The third kappa shape index (κ3) is 1.01. The molecule has 0 radical (unpaired) electrons. The third-order valence-electron chi connectivity index (χ3n) is 2.15. The van der Waals surface area contributed by atoms with Gasteiger partial charge >= 0.3 is 0 Å². The summed E-state index contributed by atoms with van der Waals surface area (Å²) < 4.78 is 2.09. The van der Waals surface area contributed by atoms with E-state index >= 15 is 0 Å². The molecule has 2 rings (SSSR count). The molecule has 62 valence electrons. The summed E-state index contributed by atoms with van der Waals surface area (Å²) in [5.74, 6) is 0. The van der Waals surface area contributed by atoms with Gasteiger partial charge in [-0.15, -0.1) is 0 Å². The van der Waals surface area contributed by atoms with Crippen LogP contribution in [-0.4, -0.2) is 4.57 Å². The molecule has 1 heterocycles. The first-order chi connectivity index (χ1) is 5.68. The molecule has 2 heteroatoms. The molecule has 0 saturated carbocycles. The van der Waals surface area contributed by atoms with E-state index in [9.17, 15) is 0 Å². The Balaban J connectivity index is 2.90. The Labute approximate surface area is 76.6 Å². The number of hydrogen-bond acceptors (Lipinski definition) is 0. The lowest BCUT2D eigenvalue weighted by atomic mass is 10.2. The quantitative estimate of drug-likeness (QED) is 0.586. The van der Waals surface area contributed by atoms with E-state index in [1.54, 1.807) is 0 Å². The van der Waals surface area contributed by atoms with Gasteiger partial charge in [-0.1, -0.05) is 17.7 Å². The normalized spacial score (nSPS) is 10.9. The molecule has 0 aliphatic carbocycles. The van der Waals surface area contributed by atoms with Crippen LogP contribution in [0.25, 0.3) is 10.9 Å². The van der Waals surface area contributed by atoms with Gasteiger partial charge < -0.3 is 4.57 Å². The highest BCUT2D eigenvalue weighted by Crippen LogP contribution is 2.22. The molecular weight excluding hydrogens is 170 g/mol. The second-order valence-electron chi connectivity index (χ2n) is 3.08. The summed E-state index contributed by atoms with van der Waals surface area (Å²) in [5.41, 5.74) is 2.49. The summed E-state index contributed by atoms with van der Waals surface area (Å²) in [6.45, 7) is 2.11. The fraction of sp³-hybridized carbons (Fsp3) is 0.200. The lowest BCUT2D eigenvalue weighted by Gasteiger charge is -1.95. The van der Waals surface area contributed by atoms with Crippen molar-refractivity contribution < 1.29 is 0 Å². The fourth-order valence-electron chi connectivity index (χ4n) is 1.56. The molecule has 0 aliphatic heterocycles. The monoisotopic (exact) mass is 179 g/mol. The Morgan fingerprint density at radius 3 is 2.83 bits per heavy atom. The van der Waals surface area contributed by atoms with Gasteiger partial charge in [-0.05, 0) is 24.6 Å². The van der Waals surface area contributed by atoms with Crippen LogP contribution in [0, 0.1) is 6.92 Å². The van der Waals surface area contributed by atoms with Gasteiger partial charge in [0.25, 0.3) is 0 Å². The maximum absolute atomic E-state index is 5.89. The van der Waals surface area contributed by atoms with Crippen LogP contribution in [0.5, 0.6) is 0 Å². The van der Waals surface area contributed by atoms with Gasteiger partial charge in [0.2, 0.25) is 0 Å². The van der Waals surface area contributed by atoms with Crippen LogP contribution in [0.1, 0.15) is 5.56 Å². The molecule has 0 spiro atoms. The lowest BCUT2D eigenvalue weighted by molar-refractivity contribution is 0.964. The number of nitrogens with zero attached hydrogens (tertiary/aromatic N) is 1. The lowest BCUT2D eigenvalue weighted by Crippen LogP contribution is -1.82. The minimum Gasteiger partial charge on any atom is -0.350 e. The van der Waals surface area contributed by atoms with Crippen LogP contribution < -0.4 is 0 Å². The molecule has 0 unspecified atom stereocenters. The number of aryl methyl sites for hydroxylation is 2. The first-order valence-electron chi connectivity index (χ1n) is 3.89. The molecular formula is C10H10ClN. The van der Waals surface area contributed by atoms with Gasteiger partial charge in [0.1, 0.15) is 0 Å². The van der Waals surface area contributed by atoms with Gasteiger partial charge in [0, 0.05) is 29.2 Å². The molecule has 0 saturated heterocycles. The highest BCUT2D eigenvalue weighted by Gasteiger charge is 2.01. The molecule has 2 aromatic rings. The Hall–Kier alpha value is -0.950. The molecule has 0 amide bonds. The van der Waals surface area contributed by atoms with Crippen molar-refractivity contribution in [1.29, 1.82) is 0 Å². The van der Waals surface area contributed by atoms with E-state index in [1.807, 2.05) is 19.2 Å². The summed E-state index contributed by atoms with van der Waals surface area (Å²) in [5, 5.41) is 2.07. The highest BCUT2D eigenvalue weighted by molar-refractivity contribution is 6.31. The smallest absolute Gasteiger partial charge is 0.0495 e.